The summed E-state index contributed by atoms with van der Waals surface area (Å²) in [7, 11) is 0. The summed E-state index contributed by atoms with van der Waals surface area (Å²) in [4.78, 5) is 39.2. The van der Waals surface area contributed by atoms with Crippen LogP contribution >= 0.6 is 27.5 Å². The normalized spacial score (nSPS) is 17.3. The number of amides is 3. The molecule has 2 aromatic carbocycles. The molecular formula is C23H21BrClN3O3. The molecule has 1 aliphatic heterocycles. The van der Waals surface area contributed by atoms with Crippen LogP contribution in [0.15, 0.2) is 63.7 Å². The second kappa shape index (κ2) is 9.24. The van der Waals surface area contributed by atoms with Gasteiger partial charge in [0.05, 0.1) is 5.69 Å². The van der Waals surface area contributed by atoms with Crippen molar-refractivity contribution in [2.24, 2.45) is 0 Å². The Hall–Kier alpha value is -2.64. The topological polar surface area (TPSA) is 78.5 Å². The van der Waals surface area contributed by atoms with E-state index in [0.717, 1.165) is 35.1 Å². The van der Waals surface area contributed by atoms with Gasteiger partial charge in [0.2, 0.25) is 0 Å². The van der Waals surface area contributed by atoms with Crippen LogP contribution < -0.4 is 15.5 Å². The monoisotopic (exact) mass is 501 g/mol. The third-order valence-electron chi connectivity index (χ3n) is 5.45. The van der Waals surface area contributed by atoms with Gasteiger partial charge in [0.1, 0.15) is 10.7 Å². The van der Waals surface area contributed by atoms with Crippen molar-refractivity contribution in [3.8, 4) is 0 Å². The molecule has 31 heavy (non-hydrogen) atoms. The summed E-state index contributed by atoms with van der Waals surface area (Å²) >= 11 is 9.53. The van der Waals surface area contributed by atoms with Crippen LogP contribution in [-0.4, -0.2) is 23.8 Å². The lowest BCUT2D eigenvalue weighted by Crippen LogP contribution is -2.36. The third-order valence-corrected chi connectivity index (χ3v) is 6.33. The Morgan fingerprint density at radius 1 is 1.00 bits per heavy atom. The molecule has 1 fully saturated rings. The molecule has 1 heterocycles. The van der Waals surface area contributed by atoms with E-state index < -0.39 is 11.8 Å². The molecule has 0 atom stereocenters. The average Bonchev–Trinajstić information content (AvgIpc) is 2.98. The fraction of sp³-hybridized carbons (Fsp3) is 0.261. The zero-order valence-corrected chi connectivity index (χ0v) is 19.0. The molecule has 1 aliphatic carbocycles. The summed E-state index contributed by atoms with van der Waals surface area (Å²) in [5, 5.41) is 5.81. The maximum absolute atomic E-state index is 12.9. The lowest BCUT2D eigenvalue weighted by Gasteiger charge is -2.22. The molecular weight excluding hydrogens is 482 g/mol. The Kier molecular flexibility index (Phi) is 6.43. The Labute approximate surface area is 193 Å². The highest BCUT2D eigenvalue weighted by Crippen LogP contribution is 2.31. The summed E-state index contributed by atoms with van der Waals surface area (Å²) < 4.78 is 0.830. The molecule has 2 aromatic rings. The molecule has 6 nitrogen and oxygen atoms in total. The summed E-state index contributed by atoms with van der Waals surface area (Å²) in [6, 6.07) is 13.8. The first-order valence-electron chi connectivity index (χ1n) is 10.2. The first-order chi connectivity index (χ1) is 14.9. The molecule has 0 aromatic heterocycles. The Balaban J connectivity index is 1.50. The molecule has 4 rings (SSSR count). The average molecular weight is 503 g/mol. The number of hydrogen-bond donors (Lipinski definition) is 2. The number of rotatable bonds is 5. The van der Waals surface area contributed by atoms with E-state index in [1.807, 2.05) is 0 Å². The van der Waals surface area contributed by atoms with Gasteiger partial charge < -0.3 is 10.6 Å². The molecule has 0 radical (unpaired) electrons. The first kappa shape index (κ1) is 21.6. The smallest absolute Gasteiger partial charge is 0.283 e. The molecule has 8 heteroatoms. The molecule has 160 valence electrons. The van der Waals surface area contributed by atoms with Crippen molar-refractivity contribution < 1.29 is 14.4 Å². The van der Waals surface area contributed by atoms with Crippen LogP contribution in [0.3, 0.4) is 0 Å². The molecule has 0 spiro atoms. The van der Waals surface area contributed by atoms with Gasteiger partial charge >= 0.3 is 0 Å². The molecule has 0 saturated heterocycles. The number of carbonyl (C=O) groups is 3. The number of imide groups is 1. The highest BCUT2D eigenvalue weighted by molar-refractivity contribution is 9.10. The number of hydrogen-bond acceptors (Lipinski definition) is 4. The van der Waals surface area contributed by atoms with E-state index >= 15 is 0 Å². The molecule has 0 unspecified atom stereocenters. The minimum atomic E-state index is -0.595. The van der Waals surface area contributed by atoms with Crippen LogP contribution in [0.5, 0.6) is 0 Å². The standard InChI is InChI=1S/C23H21BrClN3O3/c24-15-9-11-18(12-10-15)28-22(30)19(25)20(23(28)31)26-17-8-4-5-14(13-17)21(29)27-16-6-2-1-3-7-16/h4-5,8-13,16,26H,1-3,6-7H2,(H,27,29). The summed E-state index contributed by atoms with van der Waals surface area (Å²) in [5.74, 6) is -1.29. The van der Waals surface area contributed by atoms with Gasteiger partial charge in [0.15, 0.2) is 0 Å². The van der Waals surface area contributed by atoms with E-state index in [4.69, 9.17) is 11.6 Å². The highest BCUT2D eigenvalue weighted by Gasteiger charge is 2.39. The van der Waals surface area contributed by atoms with E-state index in [1.165, 1.54) is 6.42 Å². The summed E-state index contributed by atoms with van der Waals surface area (Å²) in [6.45, 7) is 0. The van der Waals surface area contributed by atoms with Gasteiger partial charge in [-0.05, 0) is 55.3 Å². The minimum Gasteiger partial charge on any atom is -0.350 e. The van der Waals surface area contributed by atoms with Crippen LogP contribution in [0.25, 0.3) is 0 Å². The maximum Gasteiger partial charge on any atom is 0.283 e. The number of benzene rings is 2. The summed E-state index contributed by atoms with van der Waals surface area (Å²) in [5.41, 5.74) is 1.39. The predicted molar refractivity (Wildman–Crippen MR) is 124 cm³/mol. The van der Waals surface area contributed by atoms with Crippen LogP contribution in [0, 0.1) is 0 Å². The van der Waals surface area contributed by atoms with Gasteiger partial charge in [0.25, 0.3) is 17.7 Å². The van der Waals surface area contributed by atoms with Crippen molar-refractivity contribution in [2.45, 2.75) is 38.1 Å². The molecule has 1 saturated carbocycles. The van der Waals surface area contributed by atoms with Gasteiger partial charge in [-0.25, -0.2) is 4.90 Å². The minimum absolute atomic E-state index is 0.0144. The van der Waals surface area contributed by atoms with Crippen molar-refractivity contribution in [1.82, 2.24) is 5.32 Å². The summed E-state index contributed by atoms with van der Waals surface area (Å²) in [6.07, 6.45) is 5.46. The number of anilines is 2. The van der Waals surface area contributed by atoms with Crippen molar-refractivity contribution in [1.29, 1.82) is 0 Å². The predicted octanol–water partition coefficient (Wildman–Crippen LogP) is 4.95. The van der Waals surface area contributed by atoms with E-state index in [9.17, 15) is 14.4 Å². The maximum atomic E-state index is 12.9. The van der Waals surface area contributed by atoms with Crippen LogP contribution in [0.2, 0.25) is 0 Å². The Morgan fingerprint density at radius 2 is 1.71 bits per heavy atom. The fourth-order valence-corrected chi connectivity index (χ4v) is 4.31. The van der Waals surface area contributed by atoms with E-state index in [2.05, 4.69) is 26.6 Å². The zero-order chi connectivity index (χ0) is 22.0. The first-order valence-corrected chi connectivity index (χ1v) is 11.3. The number of carbonyl (C=O) groups excluding carboxylic acids is 3. The number of halogens is 2. The van der Waals surface area contributed by atoms with E-state index in [1.54, 1.807) is 48.5 Å². The van der Waals surface area contributed by atoms with Crippen molar-refractivity contribution in [2.75, 3.05) is 10.2 Å². The van der Waals surface area contributed by atoms with Crippen LogP contribution in [-0.2, 0) is 9.59 Å². The molecule has 2 aliphatic rings. The Morgan fingerprint density at radius 3 is 2.42 bits per heavy atom. The second-order valence-electron chi connectivity index (χ2n) is 7.63. The number of nitrogens with one attached hydrogen (secondary N) is 2. The van der Waals surface area contributed by atoms with Gasteiger partial charge in [-0.1, -0.05) is 52.9 Å². The van der Waals surface area contributed by atoms with Gasteiger partial charge in [-0.15, -0.1) is 0 Å². The second-order valence-corrected chi connectivity index (χ2v) is 8.92. The lowest BCUT2D eigenvalue weighted by atomic mass is 9.95. The SMILES string of the molecule is O=C(NC1CCCCC1)c1cccc(NC2=C(Cl)C(=O)N(c3ccc(Br)cc3)C2=O)c1. The van der Waals surface area contributed by atoms with Crippen molar-refractivity contribution in [3.05, 3.63) is 69.3 Å². The van der Waals surface area contributed by atoms with Gasteiger partial charge in [0, 0.05) is 21.8 Å². The largest absolute Gasteiger partial charge is 0.350 e. The van der Waals surface area contributed by atoms with E-state index in [-0.39, 0.29) is 22.7 Å². The van der Waals surface area contributed by atoms with Crippen LogP contribution in [0.4, 0.5) is 11.4 Å². The lowest BCUT2D eigenvalue weighted by molar-refractivity contribution is -0.120. The van der Waals surface area contributed by atoms with Crippen molar-refractivity contribution >= 4 is 56.6 Å². The Bertz CT molecular complexity index is 1060. The third kappa shape index (κ3) is 4.67. The molecule has 0 bridgehead atoms. The highest BCUT2D eigenvalue weighted by atomic mass is 79.9. The zero-order valence-electron chi connectivity index (χ0n) is 16.7. The quantitative estimate of drug-likeness (QED) is 0.567. The van der Waals surface area contributed by atoms with Crippen LogP contribution in [0.1, 0.15) is 42.5 Å². The van der Waals surface area contributed by atoms with Crippen molar-refractivity contribution in [3.63, 3.8) is 0 Å². The molecule has 2 N–H and O–H groups in total. The van der Waals surface area contributed by atoms with Gasteiger partial charge in [-0.3, -0.25) is 14.4 Å². The van der Waals surface area contributed by atoms with Gasteiger partial charge in [-0.2, -0.15) is 0 Å². The fourth-order valence-electron chi connectivity index (χ4n) is 3.83. The van der Waals surface area contributed by atoms with E-state index in [0.29, 0.717) is 16.9 Å². The number of nitrogens with zero attached hydrogens (tertiary/aromatic N) is 1. The molecule has 3 amide bonds.